The Morgan fingerprint density at radius 3 is 2.29 bits per heavy atom. The van der Waals surface area contributed by atoms with Crippen LogP contribution in [0.2, 0.25) is 0 Å². The highest BCUT2D eigenvalue weighted by Crippen LogP contribution is 2.11. The van der Waals surface area contributed by atoms with Crippen LogP contribution in [-0.4, -0.2) is 30.8 Å². The van der Waals surface area contributed by atoms with Crippen LogP contribution in [0.15, 0.2) is 29.2 Å². The molecule has 0 unspecified atom stereocenters. The van der Waals surface area contributed by atoms with Gasteiger partial charge in [0, 0.05) is 0 Å². The average molecular weight is 260 g/mol. The van der Waals surface area contributed by atoms with Crippen molar-refractivity contribution in [3.05, 3.63) is 29.8 Å². The van der Waals surface area contributed by atoms with E-state index in [9.17, 15) is 13.2 Å². The molecule has 0 aliphatic carbocycles. The number of aryl methyl sites for hydroxylation is 1. The van der Waals surface area contributed by atoms with Gasteiger partial charge in [-0.2, -0.15) is 8.42 Å². The van der Waals surface area contributed by atoms with Crippen molar-refractivity contribution in [1.82, 2.24) is 0 Å². The molecular formula is C10H12O6S. The van der Waals surface area contributed by atoms with Crippen molar-refractivity contribution < 1.29 is 27.6 Å². The Bertz CT molecular complexity index is 476. The molecule has 0 spiro atoms. The minimum atomic E-state index is -4.16. The molecule has 17 heavy (non-hydrogen) atoms. The van der Waals surface area contributed by atoms with Crippen molar-refractivity contribution in [2.24, 2.45) is 0 Å². The van der Waals surface area contributed by atoms with E-state index >= 15 is 0 Å². The summed E-state index contributed by atoms with van der Waals surface area (Å²) in [6.45, 7) is 0.0926. The van der Waals surface area contributed by atoms with Crippen LogP contribution in [0.1, 0.15) is 12.0 Å². The highest BCUT2D eigenvalue weighted by atomic mass is 32.2. The summed E-state index contributed by atoms with van der Waals surface area (Å²) in [6, 6.07) is 5.71. The lowest BCUT2D eigenvalue weighted by molar-refractivity contribution is 0.0907. The van der Waals surface area contributed by atoms with Crippen LogP contribution in [0, 0.1) is 0 Å². The number of carboxylic acid groups (broad SMARTS) is 1. The van der Waals surface area contributed by atoms with Crippen LogP contribution in [0.4, 0.5) is 4.79 Å². The molecule has 0 aliphatic heterocycles. The highest BCUT2D eigenvalue weighted by molar-refractivity contribution is 7.85. The molecule has 94 valence electrons. The smallest absolute Gasteiger partial charge is 0.450 e. The Balaban J connectivity index is 2.49. The van der Waals surface area contributed by atoms with Gasteiger partial charge in [0.25, 0.3) is 10.1 Å². The van der Waals surface area contributed by atoms with Gasteiger partial charge in [-0.15, -0.1) is 0 Å². The highest BCUT2D eigenvalue weighted by Gasteiger charge is 2.08. The van der Waals surface area contributed by atoms with Crippen LogP contribution in [0.25, 0.3) is 0 Å². The summed E-state index contributed by atoms with van der Waals surface area (Å²) in [5.41, 5.74) is 0.839. The Labute approximate surface area is 98.6 Å². The molecule has 7 heteroatoms. The van der Waals surface area contributed by atoms with E-state index in [1.807, 2.05) is 0 Å². The van der Waals surface area contributed by atoms with Gasteiger partial charge in [-0.25, -0.2) is 4.79 Å². The van der Waals surface area contributed by atoms with Gasteiger partial charge in [-0.1, -0.05) is 12.1 Å². The lowest BCUT2D eigenvalue weighted by Crippen LogP contribution is -2.03. The second-order valence-corrected chi connectivity index (χ2v) is 4.76. The van der Waals surface area contributed by atoms with E-state index in [-0.39, 0.29) is 11.5 Å². The van der Waals surface area contributed by atoms with Crippen molar-refractivity contribution in [3.8, 4) is 0 Å². The van der Waals surface area contributed by atoms with Gasteiger partial charge >= 0.3 is 6.16 Å². The lowest BCUT2D eigenvalue weighted by atomic mass is 10.1. The predicted octanol–water partition coefficient (Wildman–Crippen LogP) is 1.56. The molecule has 0 aliphatic rings. The fourth-order valence-electron chi connectivity index (χ4n) is 1.26. The standard InChI is InChI=1S/C10H12O6S/c11-10(12)16-7-1-2-8-3-5-9(6-4-8)17(13,14)15/h3-6H,1-2,7H2,(H,11,12)(H,13,14,15). The largest absolute Gasteiger partial charge is 0.505 e. The molecule has 0 saturated carbocycles. The number of hydrogen-bond donors (Lipinski definition) is 2. The maximum absolute atomic E-state index is 10.7. The second kappa shape index (κ2) is 5.65. The summed E-state index contributed by atoms with van der Waals surface area (Å²) in [5.74, 6) is 0. The molecule has 1 aromatic rings. The van der Waals surface area contributed by atoms with Crippen LogP contribution in [0.3, 0.4) is 0 Å². The normalized spacial score (nSPS) is 11.1. The molecule has 0 atom stereocenters. The summed E-state index contributed by atoms with van der Waals surface area (Å²) in [5, 5.41) is 8.22. The van der Waals surface area contributed by atoms with E-state index in [2.05, 4.69) is 4.74 Å². The van der Waals surface area contributed by atoms with Gasteiger partial charge in [-0.3, -0.25) is 4.55 Å². The van der Waals surface area contributed by atoms with E-state index in [1.165, 1.54) is 12.1 Å². The lowest BCUT2D eigenvalue weighted by Gasteiger charge is -2.02. The number of hydrogen-bond acceptors (Lipinski definition) is 4. The first-order chi connectivity index (χ1) is 7.89. The van der Waals surface area contributed by atoms with Crippen LogP contribution >= 0.6 is 0 Å². The van der Waals surface area contributed by atoms with Crippen molar-refractivity contribution >= 4 is 16.3 Å². The minimum absolute atomic E-state index is 0.0926. The SMILES string of the molecule is O=C(O)OCCCc1ccc(S(=O)(=O)O)cc1. The molecule has 2 N–H and O–H groups in total. The molecule has 0 radical (unpaired) electrons. The van der Waals surface area contributed by atoms with Crippen LogP contribution in [-0.2, 0) is 21.3 Å². The maximum Gasteiger partial charge on any atom is 0.505 e. The first-order valence-corrected chi connectivity index (χ1v) is 6.26. The van der Waals surface area contributed by atoms with Gasteiger partial charge in [0.2, 0.25) is 0 Å². The van der Waals surface area contributed by atoms with Gasteiger partial charge in [0.05, 0.1) is 11.5 Å². The fourth-order valence-corrected chi connectivity index (χ4v) is 1.74. The summed E-state index contributed by atoms with van der Waals surface area (Å²) in [6.07, 6.45) is -0.233. The summed E-state index contributed by atoms with van der Waals surface area (Å²) < 4.78 is 34.6. The quantitative estimate of drug-likeness (QED) is 0.473. The van der Waals surface area contributed by atoms with E-state index < -0.39 is 16.3 Å². The van der Waals surface area contributed by atoms with Crippen molar-refractivity contribution in [1.29, 1.82) is 0 Å². The van der Waals surface area contributed by atoms with Gasteiger partial charge in [0.15, 0.2) is 0 Å². The van der Waals surface area contributed by atoms with Gasteiger partial charge in [0.1, 0.15) is 0 Å². The molecule has 1 rings (SSSR count). The summed E-state index contributed by atoms with van der Waals surface area (Å²) in [7, 11) is -4.16. The van der Waals surface area contributed by atoms with Crippen molar-refractivity contribution in [3.63, 3.8) is 0 Å². The van der Waals surface area contributed by atoms with Crippen molar-refractivity contribution in [2.75, 3.05) is 6.61 Å². The maximum atomic E-state index is 10.7. The number of rotatable bonds is 5. The molecule has 0 aromatic heterocycles. The number of ether oxygens (including phenoxy) is 1. The zero-order chi connectivity index (χ0) is 12.9. The van der Waals surface area contributed by atoms with Crippen molar-refractivity contribution in [2.45, 2.75) is 17.7 Å². The van der Waals surface area contributed by atoms with E-state index in [4.69, 9.17) is 9.66 Å². The van der Waals surface area contributed by atoms with E-state index in [1.54, 1.807) is 12.1 Å². The minimum Gasteiger partial charge on any atom is -0.450 e. The monoisotopic (exact) mass is 260 g/mol. The topological polar surface area (TPSA) is 101 Å². The molecule has 0 bridgehead atoms. The fraction of sp³-hybridized carbons (Fsp3) is 0.300. The Morgan fingerprint density at radius 2 is 1.82 bits per heavy atom. The van der Waals surface area contributed by atoms with Gasteiger partial charge < -0.3 is 9.84 Å². The Morgan fingerprint density at radius 1 is 1.24 bits per heavy atom. The van der Waals surface area contributed by atoms with Crippen LogP contribution < -0.4 is 0 Å². The molecule has 0 heterocycles. The summed E-state index contributed by atoms with van der Waals surface area (Å²) in [4.78, 5) is 9.89. The van der Waals surface area contributed by atoms with E-state index in [0.717, 1.165) is 5.56 Å². The first-order valence-electron chi connectivity index (χ1n) is 4.82. The third kappa shape index (κ3) is 4.83. The van der Waals surface area contributed by atoms with E-state index in [0.29, 0.717) is 12.8 Å². The Hall–Kier alpha value is -1.60. The molecule has 1 aromatic carbocycles. The predicted molar refractivity (Wildman–Crippen MR) is 58.6 cm³/mol. The first kappa shape index (κ1) is 13.5. The Kier molecular flexibility index (Phi) is 4.47. The molecule has 0 amide bonds. The second-order valence-electron chi connectivity index (χ2n) is 3.34. The third-order valence-corrected chi connectivity index (χ3v) is 2.92. The molecule has 0 saturated heterocycles. The number of carbonyl (C=O) groups is 1. The zero-order valence-corrected chi connectivity index (χ0v) is 9.68. The zero-order valence-electron chi connectivity index (χ0n) is 8.87. The summed E-state index contributed by atoms with van der Waals surface area (Å²) >= 11 is 0. The number of benzene rings is 1. The molecular weight excluding hydrogens is 248 g/mol. The average Bonchev–Trinajstić information content (AvgIpc) is 2.23. The third-order valence-electron chi connectivity index (χ3n) is 2.06. The van der Waals surface area contributed by atoms with Crippen LogP contribution in [0.5, 0.6) is 0 Å². The van der Waals surface area contributed by atoms with Gasteiger partial charge in [-0.05, 0) is 30.5 Å². The molecule has 0 fully saturated rings. The molecule has 6 nitrogen and oxygen atoms in total.